The average molecular weight is 214 g/mol. The number of hydrogen-bond acceptors (Lipinski definition) is 4. The van der Waals surface area contributed by atoms with E-state index in [0.717, 1.165) is 32.5 Å². The number of piperazine rings is 1. The van der Waals surface area contributed by atoms with Crippen molar-refractivity contribution in [3.05, 3.63) is 0 Å². The van der Waals surface area contributed by atoms with Crippen molar-refractivity contribution in [1.29, 1.82) is 0 Å². The Morgan fingerprint density at radius 3 is 3.07 bits per heavy atom. The number of nitrogens with one attached hydrogen (secondary N) is 1. The Kier molecular flexibility index (Phi) is 3.56. The summed E-state index contributed by atoms with van der Waals surface area (Å²) in [7, 11) is 0. The molecular weight excluding hydrogens is 196 g/mol. The van der Waals surface area contributed by atoms with Gasteiger partial charge in [0, 0.05) is 32.3 Å². The van der Waals surface area contributed by atoms with Gasteiger partial charge in [0.1, 0.15) is 6.04 Å². The Balaban J connectivity index is 1.99. The molecule has 0 bridgehead atoms. The van der Waals surface area contributed by atoms with Gasteiger partial charge in [0.15, 0.2) is 0 Å². The van der Waals surface area contributed by atoms with Crippen LogP contribution in [0, 0.1) is 0 Å². The Labute approximate surface area is 89.4 Å². The minimum atomic E-state index is -0.729. The van der Waals surface area contributed by atoms with Gasteiger partial charge in [-0.25, -0.2) is 0 Å². The summed E-state index contributed by atoms with van der Waals surface area (Å²) in [6.45, 7) is 3.74. The zero-order valence-electron chi connectivity index (χ0n) is 8.82. The van der Waals surface area contributed by atoms with Crippen LogP contribution in [0.15, 0.2) is 0 Å². The number of aliphatic carboxylic acids is 1. The molecule has 2 saturated heterocycles. The van der Waals surface area contributed by atoms with Crippen LogP contribution in [0.2, 0.25) is 0 Å². The predicted octanol–water partition coefficient (Wildman–Crippen LogP) is -0.476. The molecular formula is C10H18N2O3. The van der Waals surface area contributed by atoms with Crippen LogP contribution in [-0.4, -0.2) is 60.9 Å². The van der Waals surface area contributed by atoms with Crippen molar-refractivity contribution in [3.63, 3.8) is 0 Å². The molecule has 5 nitrogen and oxygen atoms in total. The molecule has 86 valence electrons. The molecule has 2 heterocycles. The Bertz CT molecular complexity index is 229. The van der Waals surface area contributed by atoms with Crippen LogP contribution in [0.3, 0.4) is 0 Å². The highest BCUT2D eigenvalue weighted by Crippen LogP contribution is 2.17. The Morgan fingerprint density at radius 1 is 1.53 bits per heavy atom. The van der Waals surface area contributed by atoms with Crippen LogP contribution >= 0.6 is 0 Å². The molecule has 2 fully saturated rings. The minimum Gasteiger partial charge on any atom is -0.480 e. The molecule has 0 amide bonds. The summed E-state index contributed by atoms with van der Waals surface area (Å²) in [5.41, 5.74) is 0. The van der Waals surface area contributed by atoms with Gasteiger partial charge in [0.05, 0.1) is 6.61 Å². The predicted molar refractivity (Wildman–Crippen MR) is 54.8 cm³/mol. The maximum Gasteiger partial charge on any atom is 0.322 e. The van der Waals surface area contributed by atoms with Crippen molar-refractivity contribution >= 4 is 5.97 Å². The fraction of sp³-hybridized carbons (Fsp3) is 0.900. The summed E-state index contributed by atoms with van der Waals surface area (Å²) < 4.78 is 5.41. The number of nitrogens with zero attached hydrogens (tertiary/aromatic N) is 1. The molecule has 0 spiro atoms. The molecule has 2 N–H and O–H groups in total. The maximum absolute atomic E-state index is 11.1. The molecule has 2 rings (SSSR count). The fourth-order valence-electron chi connectivity index (χ4n) is 2.37. The van der Waals surface area contributed by atoms with Gasteiger partial charge in [-0.1, -0.05) is 0 Å². The van der Waals surface area contributed by atoms with Gasteiger partial charge in [0.2, 0.25) is 0 Å². The summed E-state index contributed by atoms with van der Waals surface area (Å²) in [4.78, 5) is 13.2. The third-order valence-electron chi connectivity index (χ3n) is 3.18. The van der Waals surface area contributed by atoms with Crippen molar-refractivity contribution in [2.45, 2.75) is 24.9 Å². The van der Waals surface area contributed by atoms with Crippen LogP contribution in [0.1, 0.15) is 12.8 Å². The summed E-state index contributed by atoms with van der Waals surface area (Å²) in [6, 6.07) is -0.0904. The lowest BCUT2D eigenvalue weighted by Crippen LogP contribution is -2.59. The van der Waals surface area contributed by atoms with E-state index in [1.807, 2.05) is 0 Å². The van der Waals surface area contributed by atoms with E-state index in [1.165, 1.54) is 0 Å². The highest BCUT2D eigenvalue weighted by molar-refractivity contribution is 5.74. The largest absolute Gasteiger partial charge is 0.480 e. The SMILES string of the molecule is O=C(O)C1CNCCN1C1CCCOC1. The van der Waals surface area contributed by atoms with Crippen LogP contribution in [0.25, 0.3) is 0 Å². The van der Waals surface area contributed by atoms with Gasteiger partial charge in [-0.3, -0.25) is 9.69 Å². The van der Waals surface area contributed by atoms with E-state index in [1.54, 1.807) is 0 Å². The minimum absolute atomic E-state index is 0.293. The van der Waals surface area contributed by atoms with E-state index in [-0.39, 0.29) is 6.04 Å². The molecule has 2 aliphatic rings. The second-order valence-corrected chi connectivity index (χ2v) is 4.17. The number of carboxylic acids is 1. The molecule has 15 heavy (non-hydrogen) atoms. The third kappa shape index (κ3) is 2.48. The number of hydrogen-bond donors (Lipinski definition) is 2. The summed E-state index contributed by atoms with van der Waals surface area (Å²) >= 11 is 0. The Hall–Kier alpha value is -0.650. The zero-order chi connectivity index (χ0) is 10.7. The molecule has 0 saturated carbocycles. The number of carboxylic acid groups (broad SMARTS) is 1. The summed E-state index contributed by atoms with van der Waals surface area (Å²) in [5, 5.41) is 12.2. The lowest BCUT2D eigenvalue weighted by molar-refractivity contribution is -0.146. The van der Waals surface area contributed by atoms with E-state index in [4.69, 9.17) is 9.84 Å². The molecule has 0 aromatic rings. The quantitative estimate of drug-likeness (QED) is 0.650. The van der Waals surface area contributed by atoms with Crippen LogP contribution < -0.4 is 5.32 Å². The summed E-state index contributed by atoms with van der Waals surface area (Å²) in [5.74, 6) is -0.729. The Morgan fingerprint density at radius 2 is 2.40 bits per heavy atom. The maximum atomic E-state index is 11.1. The molecule has 0 aromatic carbocycles. The van der Waals surface area contributed by atoms with Gasteiger partial charge in [-0.05, 0) is 12.8 Å². The van der Waals surface area contributed by atoms with E-state index >= 15 is 0 Å². The molecule has 5 heteroatoms. The number of rotatable bonds is 2. The van der Waals surface area contributed by atoms with Gasteiger partial charge in [0.25, 0.3) is 0 Å². The molecule has 2 aliphatic heterocycles. The normalized spacial score (nSPS) is 33.9. The topological polar surface area (TPSA) is 61.8 Å². The smallest absolute Gasteiger partial charge is 0.322 e. The molecule has 0 aliphatic carbocycles. The zero-order valence-corrected chi connectivity index (χ0v) is 8.82. The van der Waals surface area contributed by atoms with E-state index in [0.29, 0.717) is 19.2 Å². The van der Waals surface area contributed by atoms with Crippen molar-refractivity contribution in [2.75, 3.05) is 32.8 Å². The lowest BCUT2D eigenvalue weighted by Gasteiger charge is -2.40. The first-order valence-corrected chi connectivity index (χ1v) is 5.56. The fourth-order valence-corrected chi connectivity index (χ4v) is 2.37. The molecule has 0 radical (unpaired) electrons. The first kappa shape index (κ1) is 10.9. The molecule has 2 unspecified atom stereocenters. The van der Waals surface area contributed by atoms with Gasteiger partial charge in [-0.15, -0.1) is 0 Å². The second kappa shape index (κ2) is 4.92. The van der Waals surface area contributed by atoms with Gasteiger partial charge in [-0.2, -0.15) is 0 Å². The number of ether oxygens (including phenoxy) is 1. The molecule has 2 atom stereocenters. The first-order valence-electron chi connectivity index (χ1n) is 5.56. The highest BCUT2D eigenvalue weighted by atomic mass is 16.5. The van der Waals surface area contributed by atoms with Crippen molar-refractivity contribution in [1.82, 2.24) is 10.2 Å². The monoisotopic (exact) mass is 214 g/mol. The lowest BCUT2D eigenvalue weighted by atomic mass is 10.0. The third-order valence-corrected chi connectivity index (χ3v) is 3.18. The average Bonchev–Trinajstić information content (AvgIpc) is 2.30. The van der Waals surface area contributed by atoms with Crippen molar-refractivity contribution in [2.24, 2.45) is 0 Å². The summed E-state index contributed by atoms with van der Waals surface area (Å²) in [6.07, 6.45) is 2.10. The highest BCUT2D eigenvalue weighted by Gasteiger charge is 2.34. The number of carbonyl (C=O) groups is 1. The van der Waals surface area contributed by atoms with Crippen molar-refractivity contribution in [3.8, 4) is 0 Å². The van der Waals surface area contributed by atoms with Crippen LogP contribution in [0.4, 0.5) is 0 Å². The standard InChI is InChI=1S/C10H18N2O3/c13-10(14)9-6-11-3-4-12(9)8-2-1-5-15-7-8/h8-9,11H,1-7H2,(H,13,14). The van der Waals surface area contributed by atoms with Crippen LogP contribution in [0.5, 0.6) is 0 Å². The van der Waals surface area contributed by atoms with Gasteiger partial charge >= 0.3 is 5.97 Å². The molecule has 0 aromatic heterocycles. The first-order chi connectivity index (χ1) is 7.29. The van der Waals surface area contributed by atoms with Crippen LogP contribution in [-0.2, 0) is 9.53 Å². The van der Waals surface area contributed by atoms with E-state index in [2.05, 4.69) is 10.2 Å². The van der Waals surface area contributed by atoms with Crippen molar-refractivity contribution < 1.29 is 14.6 Å². The van der Waals surface area contributed by atoms with E-state index in [9.17, 15) is 4.79 Å². The van der Waals surface area contributed by atoms with Gasteiger partial charge < -0.3 is 15.2 Å². The second-order valence-electron chi connectivity index (χ2n) is 4.17. The van der Waals surface area contributed by atoms with E-state index < -0.39 is 5.97 Å².